The molecule has 0 spiro atoms. The highest BCUT2D eigenvalue weighted by Crippen LogP contribution is 2.23. The van der Waals surface area contributed by atoms with Crippen LogP contribution in [0.25, 0.3) is 0 Å². The van der Waals surface area contributed by atoms with Gasteiger partial charge in [0.25, 0.3) is 0 Å². The molecule has 0 aliphatic heterocycles. The third-order valence-electron chi connectivity index (χ3n) is 7.95. The minimum Gasteiger partial charge on any atom is -0.494 e. The van der Waals surface area contributed by atoms with E-state index in [-0.39, 0.29) is 6.61 Å². The Kier molecular flexibility index (Phi) is 18.9. The van der Waals surface area contributed by atoms with E-state index in [1.54, 1.807) is 54.6 Å². The Hall–Kier alpha value is -5.38. The molecule has 3 aromatic carbocycles. The van der Waals surface area contributed by atoms with Crippen molar-refractivity contribution in [1.29, 1.82) is 0 Å². The van der Waals surface area contributed by atoms with Gasteiger partial charge in [0.2, 0.25) is 0 Å². The summed E-state index contributed by atoms with van der Waals surface area (Å²) >= 11 is 0. The van der Waals surface area contributed by atoms with Crippen LogP contribution in [-0.4, -0.2) is 56.9 Å². The van der Waals surface area contributed by atoms with Crippen LogP contribution in [0.4, 0.5) is 0 Å². The molecule has 0 saturated carbocycles. The molecule has 0 aliphatic carbocycles. The molecule has 0 atom stereocenters. The molecule has 0 amide bonds. The number of aryl methyl sites for hydroxylation is 1. The van der Waals surface area contributed by atoms with Gasteiger partial charge in [-0.15, -0.1) is 0 Å². The first kappa shape index (κ1) is 41.0. The van der Waals surface area contributed by atoms with Crippen molar-refractivity contribution in [1.82, 2.24) is 0 Å². The van der Waals surface area contributed by atoms with Gasteiger partial charge in [0.1, 0.15) is 17.2 Å². The number of esters is 4. The Balaban J connectivity index is 1.34. The normalized spacial score (nSPS) is 10.5. The summed E-state index contributed by atoms with van der Waals surface area (Å²) < 4.78 is 32.7. The molecular weight excluding hydrogens is 664 g/mol. The fourth-order valence-electron chi connectivity index (χ4n) is 5.00. The van der Waals surface area contributed by atoms with Gasteiger partial charge in [-0.3, -0.25) is 0 Å². The number of rotatable bonds is 25. The molecule has 3 rings (SSSR count). The Morgan fingerprint density at radius 1 is 0.558 bits per heavy atom. The number of unbranched alkanes of at least 4 members (excludes halogenated alkanes) is 6. The van der Waals surface area contributed by atoms with E-state index in [2.05, 4.69) is 13.2 Å². The van der Waals surface area contributed by atoms with Gasteiger partial charge >= 0.3 is 23.9 Å². The second-order valence-corrected chi connectivity index (χ2v) is 11.9. The molecule has 0 aromatic heterocycles. The summed E-state index contributed by atoms with van der Waals surface area (Å²) in [6.07, 6.45) is 10.6. The van der Waals surface area contributed by atoms with Crippen molar-refractivity contribution in [3.05, 3.63) is 114 Å². The maximum absolute atomic E-state index is 12.9. The van der Waals surface area contributed by atoms with Crippen molar-refractivity contribution in [3.63, 3.8) is 0 Å². The number of benzene rings is 3. The lowest BCUT2D eigenvalue weighted by Crippen LogP contribution is -2.11. The maximum atomic E-state index is 12.9. The van der Waals surface area contributed by atoms with Gasteiger partial charge in [0, 0.05) is 18.6 Å². The number of hydrogen-bond acceptors (Lipinski definition) is 10. The third kappa shape index (κ3) is 15.7. The van der Waals surface area contributed by atoms with E-state index in [9.17, 15) is 19.2 Å². The monoisotopic (exact) mass is 714 g/mol. The standard InChI is InChI=1S/C42H50O10/c1-4-33-31-32(25-30-51-41(45)34-16-20-36(21-17-34)47-26-11-7-9-13-28-49-39(43)5-2)15-24-38(33)52-42(46)35-18-22-37(23-19-35)48-27-12-8-10-14-29-50-40(44)6-3/h5-6,15-24,31H,2-4,7-14,25-30H2,1H3. The quantitative estimate of drug-likeness (QED) is 0.0279. The number of ether oxygens (including phenoxy) is 6. The second kappa shape index (κ2) is 23.9. The smallest absolute Gasteiger partial charge is 0.343 e. The minimum atomic E-state index is -0.461. The van der Waals surface area contributed by atoms with Crippen LogP contribution in [0.15, 0.2) is 92.0 Å². The minimum absolute atomic E-state index is 0.202. The van der Waals surface area contributed by atoms with Gasteiger partial charge in [-0.25, -0.2) is 19.2 Å². The highest BCUT2D eigenvalue weighted by Gasteiger charge is 2.13. The van der Waals surface area contributed by atoms with E-state index in [0.29, 0.717) is 67.6 Å². The second-order valence-electron chi connectivity index (χ2n) is 11.9. The first-order valence-electron chi connectivity index (χ1n) is 17.9. The van der Waals surface area contributed by atoms with Crippen molar-refractivity contribution in [2.24, 2.45) is 0 Å². The fourth-order valence-corrected chi connectivity index (χ4v) is 5.00. The molecule has 0 radical (unpaired) electrons. The largest absolute Gasteiger partial charge is 0.494 e. The predicted molar refractivity (Wildman–Crippen MR) is 198 cm³/mol. The van der Waals surface area contributed by atoms with Gasteiger partial charge in [-0.1, -0.05) is 32.2 Å². The molecular formula is C42H50O10. The number of hydrogen-bond donors (Lipinski definition) is 0. The van der Waals surface area contributed by atoms with Crippen LogP contribution in [-0.2, 0) is 36.6 Å². The zero-order valence-corrected chi connectivity index (χ0v) is 30.1. The van der Waals surface area contributed by atoms with Crippen molar-refractivity contribution in [3.8, 4) is 17.2 Å². The number of carbonyl (C=O) groups excluding carboxylic acids is 4. The lowest BCUT2D eigenvalue weighted by atomic mass is 10.1. The molecule has 10 heteroatoms. The van der Waals surface area contributed by atoms with Crippen LogP contribution in [0.3, 0.4) is 0 Å². The summed E-state index contributed by atoms with van der Waals surface area (Å²) in [6, 6.07) is 19.3. The Morgan fingerprint density at radius 2 is 1.04 bits per heavy atom. The summed E-state index contributed by atoms with van der Waals surface area (Å²) in [5.41, 5.74) is 2.69. The highest BCUT2D eigenvalue weighted by molar-refractivity contribution is 5.91. The zero-order chi connectivity index (χ0) is 37.4. The Bertz CT molecular complexity index is 1580. The number of carbonyl (C=O) groups is 4. The molecule has 0 aliphatic rings. The van der Waals surface area contributed by atoms with Crippen LogP contribution in [0.2, 0.25) is 0 Å². The van der Waals surface area contributed by atoms with E-state index in [0.717, 1.165) is 74.6 Å². The van der Waals surface area contributed by atoms with E-state index in [4.69, 9.17) is 28.4 Å². The van der Waals surface area contributed by atoms with Crippen molar-refractivity contribution in [2.75, 3.05) is 33.0 Å². The van der Waals surface area contributed by atoms with Gasteiger partial charge in [0.05, 0.1) is 44.2 Å². The summed E-state index contributed by atoms with van der Waals surface area (Å²) in [5, 5.41) is 0. The molecule has 278 valence electrons. The first-order chi connectivity index (χ1) is 25.3. The van der Waals surface area contributed by atoms with Crippen LogP contribution >= 0.6 is 0 Å². The summed E-state index contributed by atoms with van der Waals surface area (Å²) in [7, 11) is 0. The van der Waals surface area contributed by atoms with Crippen LogP contribution < -0.4 is 14.2 Å². The molecule has 0 N–H and O–H groups in total. The summed E-state index contributed by atoms with van der Waals surface area (Å²) in [4.78, 5) is 47.5. The van der Waals surface area contributed by atoms with Gasteiger partial charge < -0.3 is 28.4 Å². The van der Waals surface area contributed by atoms with Gasteiger partial charge in [-0.05, 0) is 124 Å². The molecule has 0 heterocycles. The Morgan fingerprint density at radius 3 is 1.52 bits per heavy atom. The summed E-state index contributed by atoms with van der Waals surface area (Å²) in [6.45, 7) is 10.8. The molecule has 0 bridgehead atoms. The van der Waals surface area contributed by atoms with E-state index >= 15 is 0 Å². The van der Waals surface area contributed by atoms with Crippen molar-refractivity contribution < 1.29 is 47.6 Å². The molecule has 0 fully saturated rings. The zero-order valence-electron chi connectivity index (χ0n) is 30.1. The van der Waals surface area contributed by atoms with E-state index < -0.39 is 23.9 Å². The average molecular weight is 715 g/mol. The lowest BCUT2D eigenvalue weighted by molar-refractivity contribution is -0.138. The first-order valence-corrected chi connectivity index (χ1v) is 17.9. The Labute approximate surface area is 306 Å². The lowest BCUT2D eigenvalue weighted by Gasteiger charge is -2.12. The molecule has 52 heavy (non-hydrogen) atoms. The van der Waals surface area contributed by atoms with Gasteiger partial charge in [-0.2, -0.15) is 0 Å². The maximum Gasteiger partial charge on any atom is 0.343 e. The topological polar surface area (TPSA) is 124 Å². The molecule has 10 nitrogen and oxygen atoms in total. The average Bonchev–Trinajstić information content (AvgIpc) is 3.17. The fraction of sp³-hybridized carbons (Fsp3) is 0.381. The molecule has 0 saturated heterocycles. The van der Waals surface area contributed by atoms with Gasteiger partial charge in [0.15, 0.2) is 0 Å². The van der Waals surface area contributed by atoms with Crippen LogP contribution in [0, 0.1) is 0 Å². The van der Waals surface area contributed by atoms with E-state index in [1.165, 1.54) is 0 Å². The van der Waals surface area contributed by atoms with Crippen LogP contribution in [0.1, 0.15) is 90.1 Å². The predicted octanol–water partition coefficient (Wildman–Crippen LogP) is 8.20. The van der Waals surface area contributed by atoms with Crippen molar-refractivity contribution in [2.45, 2.75) is 71.1 Å². The highest BCUT2D eigenvalue weighted by atomic mass is 16.5. The SMILES string of the molecule is C=CC(=O)OCCCCCCOc1ccc(C(=O)OCCc2ccc(OC(=O)c3ccc(OCCCCCCOC(=O)C=C)cc3)c(CC)c2)cc1. The third-order valence-corrected chi connectivity index (χ3v) is 7.95. The van der Waals surface area contributed by atoms with Crippen LogP contribution in [0.5, 0.6) is 17.2 Å². The molecule has 0 unspecified atom stereocenters. The summed E-state index contributed by atoms with van der Waals surface area (Å²) in [5.74, 6) is 0.159. The van der Waals surface area contributed by atoms with E-state index in [1.807, 2.05) is 19.1 Å². The molecule has 3 aromatic rings. The van der Waals surface area contributed by atoms with Crippen molar-refractivity contribution >= 4 is 23.9 Å².